The standard InChI is InChI=1S/C20H23FN2O4/c1-12(2)16-10-18(27-22-16)20(25)23-8-4-5-14(11-23)19(24)13-6-7-17(26-3)15(21)9-13/h6-7,9-10,12,14H,4-5,8,11H2,1-3H3. The van der Waals surface area contributed by atoms with Crippen LogP contribution in [0.5, 0.6) is 5.75 Å². The summed E-state index contributed by atoms with van der Waals surface area (Å²) in [5.41, 5.74) is 1.01. The molecular formula is C20H23FN2O4. The van der Waals surface area contributed by atoms with Gasteiger partial charge in [0.1, 0.15) is 0 Å². The number of nitrogens with zero attached hydrogens (tertiary/aromatic N) is 2. The number of carbonyl (C=O) groups excluding carboxylic acids is 2. The highest BCUT2D eigenvalue weighted by Gasteiger charge is 2.31. The van der Waals surface area contributed by atoms with Gasteiger partial charge >= 0.3 is 0 Å². The van der Waals surface area contributed by atoms with Crippen molar-refractivity contribution in [2.75, 3.05) is 20.2 Å². The number of ether oxygens (including phenoxy) is 1. The molecule has 1 amide bonds. The molecule has 0 aliphatic carbocycles. The monoisotopic (exact) mass is 374 g/mol. The Morgan fingerprint density at radius 1 is 1.33 bits per heavy atom. The average Bonchev–Trinajstić information content (AvgIpc) is 3.17. The maximum Gasteiger partial charge on any atom is 0.292 e. The van der Waals surface area contributed by atoms with E-state index in [9.17, 15) is 14.0 Å². The maximum absolute atomic E-state index is 13.9. The van der Waals surface area contributed by atoms with E-state index < -0.39 is 5.82 Å². The van der Waals surface area contributed by atoms with Gasteiger partial charge in [-0.25, -0.2) is 4.39 Å². The minimum absolute atomic E-state index is 0.0956. The van der Waals surface area contributed by atoms with E-state index in [1.165, 1.54) is 19.2 Å². The largest absolute Gasteiger partial charge is 0.494 e. The summed E-state index contributed by atoms with van der Waals surface area (Å²) < 4.78 is 24.0. The van der Waals surface area contributed by atoms with E-state index in [2.05, 4.69) is 5.16 Å². The fraction of sp³-hybridized carbons (Fsp3) is 0.450. The number of methoxy groups -OCH3 is 1. The van der Waals surface area contributed by atoms with Gasteiger partial charge in [0.15, 0.2) is 17.3 Å². The number of Topliss-reactive ketones (excluding diaryl/α,β-unsaturated/α-hetero) is 1. The lowest BCUT2D eigenvalue weighted by molar-refractivity contribution is 0.0602. The van der Waals surface area contributed by atoms with Crippen molar-refractivity contribution in [3.05, 3.63) is 47.1 Å². The highest BCUT2D eigenvalue weighted by atomic mass is 19.1. The molecule has 0 saturated carbocycles. The molecule has 0 radical (unpaired) electrons. The zero-order valence-corrected chi connectivity index (χ0v) is 15.7. The van der Waals surface area contributed by atoms with E-state index in [-0.39, 0.29) is 47.1 Å². The van der Waals surface area contributed by atoms with E-state index in [1.54, 1.807) is 17.0 Å². The Balaban J connectivity index is 1.72. The number of rotatable bonds is 5. The molecule has 1 saturated heterocycles. The Bertz CT molecular complexity index is 846. The van der Waals surface area contributed by atoms with Crippen molar-refractivity contribution in [2.24, 2.45) is 5.92 Å². The number of benzene rings is 1. The Hall–Kier alpha value is -2.70. The number of aromatic nitrogens is 1. The summed E-state index contributed by atoms with van der Waals surface area (Å²) in [7, 11) is 1.37. The molecule has 1 unspecified atom stereocenters. The van der Waals surface area contributed by atoms with Gasteiger partial charge < -0.3 is 14.2 Å². The predicted molar refractivity (Wildman–Crippen MR) is 96.5 cm³/mol. The number of likely N-dealkylation sites (tertiary alicyclic amines) is 1. The Morgan fingerprint density at radius 2 is 2.11 bits per heavy atom. The van der Waals surface area contributed by atoms with Crippen LogP contribution in [0, 0.1) is 11.7 Å². The van der Waals surface area contributed by atoms with Crippen LogP contribution in [0.15, 0.2) is 28.8 Å². The SMILES string of the molecule is COc1ccc(C(=O)C2CCCN(C(=O)c3cc(C(C)C)no3)C2)cc1F. The molecule has 0 N–H and O–H groups in total. The number of piperidine rings is 1. The minimum atomic E-state index is -0.574. The van der Waals surface area contributed by atoms with Crippen LogP contribution in [0.1, 0.15) is 59.2 Å². The fourth-order valence-electron chi connectivity index (χ4n) is 3.25. The van der Waals surface area contributed by atoms with Crippen LogP contribution < -0.4 is 4.74 Å². The van der Waals surface area contributed by atoms with Crippen molar-refractivity contribution in [1.29, 1.82) is 0 Å². The summed E-state index contributed by atoms with van der Waals surface area (Å²) in [6, 6.07) is 5.83. The molecule has 2 heterocycles. The van der Waals surface area contributed by atoms with Crippen LogP contribution in [0.25, 0.3) is 0 Å². The molecule has 1 aliphatic heterocycles. The smallest absolute Gasteiger partial charge is 0.292 e. The quantitative estimate of drug-likeness (QED) is 0.747. The summed E-state index contributed by atoms with van der Waals surface area (Å²) in [5.74, 6) is -0.947. The van der Waals surface area contributed by atoms with Gasteiger partial charge in [0.2, 0.25) is 5.76 Å². The Kier molecular flexibility index (Phi) is 5.58. The third kappa shape index (κ3) is 4.02. The zero-order valence-electron chi connectivity index (χ0n) is 15.7. The molecule has 1 aliphatic rings. The number of amides is 1. The third-order valence-corrected chi connectivity index (χ3v) is 4.85. The van der Waals surface area contributed by atoms with Gasteiger partial charge in [0.05, 0.1) is 12.8 Å². The second-order valence-corrected chi connectivity index (χ2v) is 7.07. The summed E-state index contributed by atoms with van der Waals surface area (Å²) in [6.45, 7) is 4.77. The molecule has 1 aromatic heterocycles. The van der Waals surface area contributed by atoms with Crippen molar-refractivity contribution in [1.82, 2.24) is 10.1 Å². The normalized spacial score (nSPS) is 17.2. The molecular weight excluding hydrogens is 351 g/mol. The minimum Gasteiger partial charge on any atom is -0.494 e. The van der Waals surface area contributed by atoms with Gasteiger partial charge in [-0.15, -0.1) is 0 Å². The summed E-state index contributed by atoms with van der Waals surface area (Å²) >= 11 is 0. The van der Waals surface area contributed by atoms with Crippen LogP contribution in [0.2, 0.25) is 0 Å². The van der Waals surface area contributed by atoms with Gasteiger partial charge in [-0.2, -0.15) is 0 Å². The van der Waals surface area contributed by atoms with Gasteiger partial charge in [0, 0.05) is 30.6 Å². The number of carbonyl (C=O) groups is 2. The molecule has 7 heteroatoms. The van der Waals surface area contributed by atoms with Crippen LogP contribution in [-0.2, 0) is 0 Å². The van der Waals surface area contributed by atoms with Crippen LogP contribution in [-0.4, -0.2) is 41.9 Å². The topological polar surface area (TPSA) is 72.6 Å². The molecule has 1 atom stereocenters. The van der Waals surface area contributed by atoms with Crippen LogP contribution in [0.4, 0.5) is 4.39 Å². The third-order valence-electron chi connectivity index (χ3n) is 4.85. The average molecular weight is 374 g/mol. The fourth-order valence-corrected chi connectivity index (χ4v) is 3.25. The van der Waals surface area contributed by atoms with E-state index in [1.807, 2.05) is 13.8 Å². The Morgan fingerprint density at radius 3 is 2.74 bits per heavy atom. The van der Waals surface area contributed by atoms with Crippen LogP contribution >= 0.6 is 0 Å². The predicted octanol–water partition coefficient (Wildman–Crippen LogP) is 3.68. The van der Waals surface area contributed by atoms with Crippen molar-refractivity contribution in [2.45, 2.75) is 32.6 Å². The van der Waals surface area contributed by atoms with E-state index in [0.717, 1.165) is 5.69 Å². The van der Waals surface area contributed by atoms with Gasteiger partial charge in [-0.1, -0.05) is 19.0 Å². The zero-order chi connectivity index (χ0) is 19.6. The van der Waals surface area contributed by atoms with E-state index in [0.29, 0.717) is 19.4 Å². The van der Waals surface area contributed by atoms with E-state index >= 15 is 0 Å². The van der Waals surface area contributed by atoms with Crippen molar-refractivity contribution in [3.8, 4) is 5.75 Å². The van der Waals surface area contributed by atoms with Gasteiger partial charge in [-0.3, -0.25) is 9.59 Å². The van der Waals surface area contributed by atoms with Crippen molar-refractivity contribution >= 4 is 11.7 Å². The lowest BCUT2D eigenvalue weighted by Gasteiger charge is -2.31. The molecule has 144 valence electrons. The molecule has 27 heavy (non-hydrogen) atoms. The van der Waals surface area contributed by atoms with Crippen molar-refractivity contribution in [3.63, 3.8) is 0 Å². The molecule has 1 fully saturated rings. The number of hydrogen-bond donors (Lipinski definition) is 0. The number of hydrogen-bond acceptors (Lipinski definition) is 5. The molecule has 2 aromatic rings. The number of ketones is 1. The summed E-state index contributed by atoms with van der Waals surface area (Å²) in [4.78, 5) is 27.1. The molecule has 0 bridgehead atoms. The first-order valence-electron chi connectivity index (χ1n) is 9.04. The second-order valence-electron chi connectivity index (χ2n) is 7.07. The highest BCUT2D eigenvalue weighted by Crippen LogP contribution is 2.25. The number of halogens is 1. The first kappa shape index (κ1) is 19.1. The first-order chi connectivity index (χ1) is 12.9. The maximum atomic E-state index is 13.9. The molecule has 3 rings (SSSR count). The van der Waals surface area contributed by atoms with Crippen molar-refractivity contribution < 1.29 is 23.2 Å². The molecule has 1 aromatic carbocycles. The first-order valence-corrected chi connectivity index (χ1v) is 9.04. The summed E-state index contributed by atoms with van der Waals surface area (Å²) in [5, 5.41) is 3.92. The van der Waals surface area contributed by atoms with Crippen LogP contribution in [0.3, 0.4) is 0 Å². The lowest BCUT2D eigenvalue weighted by atomic mass is 9.89. The lowest BCUT2D eigenvalue weighted by Crippen LogP contribution is -2.42. The van der Waals surface area contributed by atoms with Gasteiger partial charge in [-0.05, 0) is 37.0 Å². The van der Waals surface area contributed by atoms with Gasteiger partial charge in [0.25, 0.3) is 5.91 Å². The summed E-state index contributed by atoms with van der Waals surface area (Å²) in [6.07, 6.45) is 1.36. The second kappa shape index (κ2) is 7.90. The highest BCUT2D eigenvalue weighted by molar-refractivity contribution is 5.99. The molecule has 0 spiro atoms. The Labute approximate surface area is 157 Å². The van der Waals surface area contributed by atoms with E-state index in [4.69, 9.17) is 9.26 Å². The molecule has 6 nitrogen and oxygen atoms in total.